The highest BCUT2D eigenvalue weighted by Gasteiger charge is 2.06. The van der Waals surface area contributed by atoms with Crippen LogP contribution in [0.2, 0.25) is 0 Å². The van der Waals surface area contributed by atoms with E-state index in [2.05, 4.69) is 0 Å². The SMILES string of the molecule is C[CH]CC(=O)N(CC)CC. The van der Waals surface area contributed by atoms with Crippen LogP contribution >= 0.6 is 0 Å². The molecule has 0 atom stereocenters. The van der Waals surface area contributed by atoms with Gasteiger partial charge in [-0.1, -0.05) is 6.92 Å². The zero-order valence-corrected chi connectivity index (χ0v) is 7.05. The van der Waals surface area contributed by atoms with E-state index in [-0.39, 0.29) is 5.91 Å². The van der Waals surface area contributed by atoms with Crippen LogP contribution in [0.1, 0.15) is 27.2 Å². The molecule has 1 amide bonds. The minimum atomic E-state index is 0.229. The van der Waals surface area contributed by atoms with Crippen molar-refractivity contribution >= 4 is 5.91 Å². The lowest BCUT2D eigenvalue weighted by molar-refractivity contribution is -0.130. The first-order chi connectivity index (χ1) is 4.76. The molecular weight excluding hydrogens is 126 g/mol. The van der Waals surface area contributed by atoms with Gasteiger partial charge in [0.25, 0.3) is 0 Å². The molecule has 0 N–H and O–H groups in total. The molecule has 0 rings (SSSR count). The molecular formula is C8H16NO. The van der Waals surface area contributed by atoms with Gasteiger partial charge in [0.1, 0.15) is 0 Å². The maximum Gasteiger partial charge on any atom is 0.222 e. The van der Waals surface area contributed by atoms with E-state index in [1.807, 2.05) is 32.1 Å². The van der Waals surface area contributed by atoms with Gasteiger partial charge in [0.05, 0.1) is 0 Å². The van der Waals surface area contributed by atoms with Crippen LogP contribution in [-0.4, -0.2) is 23.9 Å². The highest BCUT2D eigenvalue weighted by Crippen LogP contribution is 1.94. The number of carbonyl (C=O) groups is 1. The second kappa shape index (κ2) is 5.27. The lowest BCUT2D eigenvalue weighted by Crippen LogP contribution is -2.30. The number of amides is 1. The molecule has 59 valence electrons. The Hall–Kier alpha value is -0.530. The fraction of sp³-hybridized carbons (Fsp3) is 0.750. The monoisotopic (exact) mass is 142 g/mol. The summed E-state index contributed by atoms with van der Waals surface area (Å²) in [5, 5.41) is 0. The van der Waals surface area contributed by atoms with E-state index in [0.29, 0.717) is 6.42 Å². The molecule has 0 aliphatic heterocycles. The van der Waals surface area contributed by atoms with Crippen LogP contribution < -0.4 is 0 Å². The Morgan fingerprint density at radius 3 is 2.20 bits per heavy atom. The van der Waals surface area contributed by atoms with Gasteiger partial charge < -0.3 is 4.90 Å². The average Bonchev–Trinajstić information content (AvgIpc) is 1.91. The van der Waals surface area contributed by atoms with Crippen molar-refractivity contribution in [2.24, 2.45) is 0 Å². The Kier molecular flexibility index (Phi) is 4.99. The summed E-state index contributed by atoms with van der Waals surface area (Å²) < 4.78 is 0. The number of nitrogens with zero attached hydrogens (tertiary/aromatic N) is 1. The Bertz CT molecular complexity index is 97.4. The smallest absolute Gasteiger partial charge is 0.222 e. The van der Waals surface area contributed by atoms with Gasteiger partial charge in [0.2, 0.25) is 5.91 Å². The zero-order chi connectivity index (χ0) is 7.98. The third-order valence-electron chi connectivity index (χ3n) is 1.49. The molecule has 0 aromatic rings. The van der Waals surface area contributed by atoms with Gasteiger partial charge >= 0.3 is 0 Å². The van der Waals surface area contributed by atoms with E-state index >= 15 is 0 Å². The molecule has 10 heavy (non-hydrogen) atoms. The molecule has 0 aromatic carbocycles. The Morgan fingerprint density at radius 2 is 1.90 bits per heavy atom. The minimum Gasteiger partial charge on any atom is -0.343 e. The van der Waals surface area contributed by atoms with E-state index < -0.39 is 0 Å². The molecule has 0 aliphatic rings. The van der Waals surface area contributed by atoms with Crippen LogP contribution in [-0.2, 0) is 4.79 Å². The van der Waals surface area contributed by atoms with E-state index in [0.717, 1.165) is 13.1 Å². The van der Waals surface area contributed by atoms with Crippen LogP contribution in [0.25, 0.3) is 0 Å². The van der Waals surface area contributed by atoms with Gasteiger partial charge in [0.15, 0.2) is 0 Å². The topological polar surface area (TPSA) is 20.3 Å². The standard InChI is InChI=1S/C8H16NO/c1-4-7-8(10)9(5-2)6-3/h4H,5-7H2,1-3H3. The van der Waals surface area contributed by atoms with E-state index in [1.165, 1.54) is 0 Å². The molecule has 0 unspecified atom stereocenters. The third-order valence-corrected chi connectivity index (χ3v) is 1.49. The summed E-state index contributed by atoms with van der Waals surface area (Å²) in [7, 11) is 0. The maximum absolute atomic E-state index is 11.1. The molecule has 2 heteroatoms. The number of hydrogen-bond donors (Lipinski definition) is 0. The van der Waals surface area contributed by atoms with Gasteiger partial charge in [0, 0.05) is 19.5 Å². The van der Waals surface area contributed by atoms with Crippen molar-refractivity contribution in [3.63, 3.8) is 0 Å². The molecule has 0 saturated heterocycles. The molecule has 0 aromatic heterocycles. The lowest BCUT2D eigenvalue weighted by atomic mass is 10.3. The second-order valence-electron chi connectivity index (χ2n) is 2.18. The summed E-state index contributed by atoms with van der Waals surface area (Å²) in [5.41, 5.74) is 0. The highest BCUT2D eigenvalue weighted by molar-refractivity contribution is 5.77. The Morgan fingerprint density at radius 1 is 1.40 bits per heavy atom. The normalized spacial score (nSPS) is 9.50. The first-order valence-electron chi connectivity index (χ1n) is 3.81. The summed E-state index contributed by atoms with van der Waals surface area (Å²) in [6, 6.07) is 0. The highest BCUT2D eigenvalue weighted by atomic mass is 16.2. The van der Waals surface area contributed by atoms with Crippen LogP contribution in [0.15, 0.2) is 0 Å². The summed E-state index contributed by atoms with van der Waals surface area (Å²) >= 11 is 0. The van der Waals surface area contributed by atoms with Crippen LogP contribution in [0.3, 0.4) is 0 Å². The fourth-order valence-corrected chi connectivity index (χ4v) is 0.880. The van der Waals surface area contributed by atoms with Crippen molar-refractivity contribution in [1.82, 2.24) is 4.90 Å². The van der Waals surface area contributed by atoms with E-state index in [1.54, 1.807) is 0 Å². The number of hydrogen-bond acceptors (Lipinski definition) is 1. The van der Waals surface area contributed by atoms with Gasteiger partial charge in [-0.05, 0) is 20.3 Å². The minimum absolute atomic E-state index is 0.229. The molecule has 0 aliphatic carbocycles. The predicted octanol–water partition coefficient (Wildman–Crippen LogP) is 1.47. The van der Waals surface area contributed by atoms with Gasteiger partial charge in [-0.25, -0.2) is 0 Å². The van der Waals surface area contributed by atoms with Gasteiger partial charge in [-0.2, -0.15) is 0 Å². The lowest BCUT2D eigenvalue weighted by Gasteiger charge is -2.17. The van der Waals surface area contributed by atoms with E-state index in [4.69, 9.17) is 0 Å². The fourth-order valence-electron chi connectivity index (χ4n) is 0.880. The van der Waals surface area contributed by atoms with Crippen molar-refractivity contribution in [1.29, 1.82) is 0 Å². The van der Waals surface area contributed by atoms with Crippen molar-refractivity contribution in [2.75, 3.05) is 13.1 Å². The number of carbonyl (C=O) groups excluding carboxylic acids is 1. The van der Waals surface area contributed by atoms with Crippen LogP contribution in [0.4, 0.5) is 0 Å². The molecule has 0 bridgehead atoms. The molecule has 0 spiro atoms. The molecule has 0 fully saturated rings. The largest absolute Gasteiger partial charge is 0.343 e. The summed E-state index contributed by atoms with van der Waals surface area (Å²) in [6.07, 6.45) is 2.46. The summed E-state index contributed by atoms with van der Waals surface area (Å²) in [5.74, 6) is 0.229. The second-order valence-corrected chi connectivity index (χ2v) is 2.18. The van der Waals surface area contributed by atoms with Crippen molar-refractivity contribution in [2.45, 2.75) is 27.2 Å². The Labute approximate surface area is 63.2 Å². The van der Waals surface area contributed by atoms with E-state index in [9.17, 15) is 4.79 Å². The summed E-state index contributed by atoms with van der Waals surface area (Å²) in [6.45, 7) is 7.54. The van der Waals surface area contributed by atoms with Crippen LogP contribution in [0, 0.1) is 6.42 Å². The molecule has 0 saturated carbocycles. The quantitative estimate of drug-likeness (QED) is 0.582. The molecule has 2 nitrogen and oxygen atoms in total. The Balaban J connectivity index is 3.65. The average molecular weight is 142 g/mol. The van der Waals surface area contributed by atoms with Crippen molar-refractivity contribution in [3.8, 4) is 0 Å². The zero-order valence-electron chi connectivity index (χ0n) is 7.05. The maximum atomic E-state index is 11.1. The summed E-state index contributed by atoms with van der Waals surface area (Å²) in [4.78, 5) is 12.9. The van der Waals surface area contributed by atoms with Gasteiger partial charge in [-0.3, -0.25) is 4.79 Å². The first-order valence-corrected chi connectivity index (χ1v) is 3.81. The van der Waals surface area contributed by atoms with Crippen molar-refractivity contribution in [3.05, 3.63) is 6.42 Å². The molecule has 1 radical (unpaired) electrons. The van der Waals surface area contributed by atoms with Crippen molar-refractivity contribution < 1.29 is 4.79 Å². The van der Waals surface area contributed by atoms with Gasteiger partial charge in [-0.15, -0.1) is 0 Å². The third kappa shape index (κ3) is 2.85. The molecule has 0 heterocycles. The first kappa shape index (κ1) is 9.47. The van der Waals surface area contributed by atoms with Crippen LogP contribution in [0.5, 0.6) is 0 Å². The number of rotatable bonds is 4. The predicted molar refractivity (Wildman–Crippen MR) is 42.5 cm³/mol.